The van der Waals surface area contributed by atoms with E-state index in [0.29, 0.717) is 19.0 Å². The molecule has 0 spiro atoms. The van der Waals surface area contributed by atoms with E-state index >= 15 is 0 Å². The van der Waals surface area contributed by atoms with Gasteiger partial charge in [-0.1, -0.05) is 11.3 Å². The molecule has 0 aliphatic carbocycles. The lowest BCUT2D eigenvalue weighted by atomic mass is 10.3. The lowest BCUT2D eigenvalue weighted by Gasteiger charge is -2.04. The normalized spacial score (nSPS) is 10.2. The third kappa shape index (κ3) is 2.77. The fourth-order valence-corrected chi connectivity index (χ4v) is 1.14. The summed E-state index contributed by atoms with van der Waals surface area (Å²) in [6.07, 6.45) is 5.22. The highest BCUT2D eigenvalue weighted by Gasteiger charge is 1.95. The van der Waals surface area contributed by atoms with Crippen LogP contribution < -0.4 is 4.74 Å². The molecule has 0 bridgehead atoms. The first-order valence-electron chi connectivity index (χ1n) is 4.74. The molecule has 2 heterocycles. The van der Waals surface area contributed by atoms with Crippen LogP contribution in [0.5, 0.6) is 5.88 Å². The van der Waals surface area contributed by atoms with Crippen LogP contribution in [0.4, 0.5) is 0 Å². The fraction of sp³-hybridized carbons (Fsp3) is 0.300. The largest absolute Gasteiger partial charge is 0.476 e. The number of hydrogen-bond acceptors (Lipinski definition) is 4. The Labute approximate surface area is 87.7 Å². The quantitative estimate of drug-likeness (QED) is 0.747. The Morgan fingerprint density at radius 3 is 3.00 bits per heavy atom. The van der Waals surface area contributed by atoms with Crippen molar-refractivity contribution in [1.29, 1.82) is 0 Å². The van der Waals surface area contributed by atoms with Crippen molar-refractivity contribution in [2.24, 2.45) is 0 Å². The standard InChI is InChI=1S/C10H12N4O/c1-9-2-3-10(11-8-9)15-7-6-14-5-4-12-13-14/h2-5,8H,6-7H2,1H3. The van der Waals surface area contributed by atoms with Crippen molar-refractivity contribution in [3.8, 4) is 5.88 Å². The molecule has 0 aliphatic rings. The van der Waals surface area contributed by atoms with Crippen molar-refractivity contribution < 1.29 is 4.74 Å². The van der Waals surface area contributed by atoms with E-state index in [2.05, 4.69) is 15.3 Å². The maximum absolute atomic E-state index is 5.43. The highest BCUT2D eigenvalue weighted by Crippen LogP contribution is 2.06. The van der Waals surface area contributed by atoms with Crippen LogP contribution in [0.25, 0.3) is 0 Å². The molecule has 0 saturated heterocycles. The number of aryl methyl sites for hydroxylation is 1. The van der Waals surface area contributed by atoms with Gasteiger partial charge in [0.05, 0.1) is 12.7 Å². The van der Waals surface area contributed by atoms with Crippen LogP contribution in [-0.4, -0.2) is 26.6 Å². The Morgan fingerprint density at radius 1 is 1.40 bits per heavy atom. The lowest BCUT2D eigenvalue weighted by molar-refractivity contribution is 0.279. The van der Waals surface area contributed by atoms with Crippen LogP contribution in [0, 0.1) is 6.92 Å². The summed E-state index contributed by atoms with van der Waals surface area (Å²) in [6, 6.07) is 3.83. The summed E-state index contributed by atoms with van der Waals surface area (Å²) in [5.41, 5.74) is 1.12. The Balaban J connectivity index is 1.81. The SMILES string of the molecule is Cc1ccc(OCCn2ccnn2)nc1. The van der Waals surface area contributed by atoms with Crippen molar-refractivity contribution >= 4 is 0 Å². The van der Waals surface area contributed by atoms with Crippen LogP contribution in [0.3, 0.4) is 0 Å². The van der Waals surface area contributed by atoms with Gasteiger partial charge in [-0.25, -0.2) is 9.67 Å². The second-order valence-electron chi connectivity index (χ2n) is 3.19. The van der Waals surface area contributed by atoms with Gasteiger partial charge in [0.25, 0.3) is 0 Å². The summed E-state index contributed by atoms with van der Waals surface area (Å²) in [5.74, 6) is 0.640. The predicted molar refractivity (Wildman–Crippen MR) is 54.5 cm³/mol. The monoisotopic (exact) mass is 204 g/mol. The zero-order valence-corrected chi connectivity index (χ0v) is 8.50. The van der Waals surface area contributed by atoms with Gasteiger partial charge in [-0.05, 0) is 12.5 Å². The molecule has 0 fully saturated rings. The van der Waals surface area contributed by atoms with E-state index in [1.165, 1.54) is 0 Å². The molecule has 0 amide bonds. The zero-order valence-electron chi connectivity index (χ0n) is 8.50. The lowest BCUT2D eigenvalue weighted by Crippen LogP contribution is -2.09. The summed E-state index contributed by atoms with van der Waals surface area (Å²) < 4.78 is 7.15. The van der Waals surface area contributed by atoms with Gasteiger partial charge in [-0.3, -0.25) is 0 Å². The molecule has 5 nitrogen and oxygen atoms in total. The summed E-state index contributed by atoms with van der Waals surface area (Å²) >= 11 is 0. The first-order chi connectivity index (χ1) is 7.34. The van der Waals surface area contributed by atoms with E-state index in [4.69, 9.17) is 4.74 Å². The number of ether oxygens (including phenoxy) is 1. The Kier molecular flexibility index (Phi) is 2.92. The average molecular weight is 204 g/mol. The third-order valence-corrected chi connectivity index (χ3v) is 1.93. The molecule has 0 N–H and O–H groups in total. The van der Waals surface area contributed by atoms with Crippen molar-refractivity contribution in [2.45, 2.75) is 13.5 Å². The van der Waals surface area contributed by atoms with Gasteiger partial charge in [0.1, 0.15) is 6.61 Å². The molecular formula is C10H12N4O. The summed E-state index contributed by atoms with van der Waals surface area (Å²) in [4.78, 5) is 4.13. The minimum Gasteiger partial charge on any atom is -0.476 e. The Hall–Kier alpha value is -1.91. The average Bonchev–Trinajstić information content (AvgIpc) is 2.74. The van der Waals surface area contributed by atoms with Crippen LogP contribution in [0.2, 0.25) is 0 Å². The highest BCUT2D eigenvalue weighted by atomic mass is 16.5. The van der Waals surface area contributed by atoms with E-state index in [-0.39, 0.29) is 0 Å². The minimum absolute atomic E-state index is 0.541. The van der Waals surface area contributed by atoms with Gasteiger partial charge in [-0.2, -0.15) is 0 Å². The molecule has 2 aromatic heterocycles. The number of pyridine rings is 1. The molecule has 0 aromatic carbocycles. The first kappa shape index (κ1) is 9.64. The van der Waals surface area contributed by atoms with Gasteiger partial charge >= 0.3 is 0 Å². The maximum atomic E-state index is 5.43. The predicted octanol–water partition coefficient (Wildman–Crippen LogP) is 1.06. The summed E-state index contributed by atoms with van der Waals surface area (Å²) in [6.45, 7) is 3.21. The molecule has 78 valence electrons. The molecule has 0 saturated carbocycles. The molecule has 15 heavy (non-hydrogen) atoms. The highest BCUT2D eigenvalue weighted by molar-refractivity contribution is 5.16. The topological polar surface area (TPSA) is 52.8 Å². The third-order valence-electron chi connectivity index (χ3n) is 1.93. The second kappa shape index (κ2) is 4.54. The molecule has 0 atom stereocenters. The summed E-state index contributed by atoms with van der Waals surface area (Å²) in [5, 5.41) is 7.53. The zero-order chi connectivity index (χ0) is 10.5. The molecule has 2 rings (SSSR count). The molecular weight excluding hydrogens is 192 g/mol. The van der Waals surface area contributed by atoms with E-state index in [1.807, 2.05) is 19.1 Å². The Morgan fingerprint density at radius 2 is 2.33 bits per heavy atom. The van der Waals surface area contributed by atoms with Crippen molar-refractivity contribution in [1.82, 2.24) is 20.0 Å². The second-order valence-corrected chi connectivity index (χ2v) is 3.19. The molecule has 5 heteroatoms. The van der Waals surface area contributed by atoms with Crippen LogP contribution in [0.1, 0.15) is 5.56 Å². The Bertz CT molecular complexity index is 396. The van der Waals surface area contributed by atoms with Crippen molar-refractivity contribution in [3.05, 3.63) is 36.3 Å². The van der Waals surface area contributed by atoms with Gasteiger partial charge < -0.3 is 4.74 Å². The van der Waals surface area contributed by atoms with E-state index < -0.39 is 0 Å². The number of nitrogens with zero attached hydrogens (tertiary/aromatic N) is 4. The maximum Gasteiger partial charge on any atom is 0.213 e. The first-order valence-corrected chi connectivity index (χ1v) is 4.74. The van der Waals surface area contributed by atoms with E-state index in [0.717, 1.165) is 5.56 Å². The van der Waals surface area contributed by atoms with Crippen LogP contribution in [-0.2, 0) is 6.54 Å². The fourth-order valence-electron chi connectivity index (χ4n) is 1.14. The molecule has 0 unspecified atom stereocenters. The molecule has 0 radical (unpaired) electrons. The summed E-state index contributed by atoms with van der Waals surface area (Å²) in [7, 11) is 0. The number of aromatic nitrogens is 4. The van der Waals surface area contributed by atoms with Gasteiger partial charge in [0.2, 0.25) is 5.88 Å². The van der Waals surface area contributed by atoms with Gasteiger partial charge in [0.15, 0.2) is 0 Å². The van der Waals surface area contributed by atoms with E-state index in [1.54, 1.807) is 23.3 Å². The van der Waals surface area contributed by atoms with Crippen molar-refractivity contribution in [2.75, 3.05) is 6.61 Å². The van der Waals surface area contributed by atoms with Crippen LogP contribution in [0.15, 0.2) is 30.7 Å². The smallest absolute Gasteiger partial charge is 0.213 e. The number of rotatable bonds is 4. The van der Waals surface area contributed by atoms with Crippen molar-refractivity contribution in [3.63, 3.8) is 0 Å². The van der Waals surface area contributed by atoms with Gasteiger partial charge in [-0.15, -0.1) is 5.10 Å². The minimum atomic E-state index is 0.541. The van der Waals surface area contributed by atoms with Crippen LogP contribution >= 0.6 is 0 Å². The number of hydrogen-bond donors (Lipinski definition) is 0. The molecule has 2 aromatic rings. The molecule has 0 aliphatic heterocycles. The van der Waals surface area contributed by atoms with E-state index in [9.17, 15) is 0 Å². The van der Waals surface area contributed by atoms with Gasteiger partial charge in [0, 0.05) is 18.5 Å².